The zero-order valence-electron chi connectivity index (χ0n) is 9.29. The predicted molar refractivity (Wildman–Crippen MR) is 58.7 cm³/mol. The van der Waals surface area contributed by atoms with Gasteiger partial charge in [0.2, 0.25) is 0 Å². The maximum Gasteiger partial charge on any atom is 0.157 e. The molecular weight excluding hydrogens is 174 g/mol. The van der Waals surface area contributed by atoms with E-state index in [0.29, 0.717) is 5.92 Å². The van der Waals surface area contributed by atoms with Gasteiger partial charge in [-0.2, -0.15) is 0 Å². The van der Waals surface area contributed by atoms with Crippen LogP contribution in [0.2, 0.25) is 0 Å². The number of hydrogen-bond acceptors (Lipinski definition) is 2. The highest BCUT2D eigenvalue weighted by molar-refractivity contribution is 5.93. The van der Waals surface area contributed by atoms with Crippen LogP contribution in [0.15, 0.2) is 24.0 Å². The van der Waals surface area contributed by atoms with Gasteiger partial charge in [0, 0.05) is 18.3 Å². The van der Waals surface area contributed by atoms with E-state index in [4.69, 9.17) is 0 Å². The van der Waals surface area contributed by atoms with Crippen LogP contribution in [0.5, 0.6) is 0 Å². The number of Topliss-reactive ketones (excluding diaryl/α,β-unsaturated/α-hetero) is 1. The fraction of sp³-hybridized carbons (Fsp3) is 0.583. The molecule has 0 aromatic rings. The quantitative estimate of drug-likeness (QED) is 0.687. The molecule has 0 bridgehead atoms. The number of ketones is 1. The molecule has 0 N–H and O–H groups in total. The number of hydrogen-bond donors (Lipinski definition) is 0. The van der Waals surface area contributed by atoms with Crippen molar-refractivity contribution in [1.29, 1.82) is 0 Å². The lowest BCUT2D eigenvalue weighted by Crippen LogP contribution is -2.19. The molecule has 0 unspecified atom stereocenters. The van der Waals surface area contributed by atoms with Crippen molar-refractivity contribution in [2.75, 3.05) is 6.54 Å². The minimum atomic E-state index is 0.202. The monoisotopic (exact) mass is 193 g/mol. The number of rotatable bonds is 3. The van der Waals surface area contributed by atoms with Gasteiger partial charge in [-0.3, -0.25) is 4.79 Å². The van der Waals surface area contributed by atoms with Crippen LogP contribution in [0.4, 0.5) is 0 Å². The van der Waals surface area contributed by atoms with E-state index in [1.54, 1.807) is 6.92 Å². The SMILES string of the molecule is CC(=O)C1=CN(/C=C/C(C)C)CCC1. The molecule has 14 heavy (non-hydrogen) atoms. The molecule has 78 valence electrons. The van der Waals surface area contributed by atoms with Crippen LogP contribution < -0.4 is 0 Å². The molecule has 0 spiro atoms. The molecule has 1 aliphatic heterocycles. The third kappa shape index (κ3) is 3.36. The van der Waals surface area contributed by atoms with Crippen molar-refractivity contribution in [3.8, 4) is 0 Å². The lowest BCUT2D eigenvalue weighted by molar-refractivity contribution is -0.113. The third-order valence-corrected chi connectivity index (χ3v) is 2.30. The average molecular weight is 193 g/mol. The minimum absolute atomic E-state index is 0.202. The second-order valence-corrected chi connectivity index (χ2v) is 4.14. The average Bonchev–Trinajstić information content (AvgIpc) is 2.15. The van der Waals surface area contributed by atoms with Crippen molar-refractivity contribution in [1.82, 2.24) is 4.90 Å². The van der Waals surface area contributed by atoms with Crippen LogP contribution in [-0.2, 0) is 4.79 Å². The van der Waals surface area contributed by atoms with Crippen LogP contribution >= 0.6 is 0 Å². The highest BCUT2D eigenvalue weighted by atomic mass is 16.1. The summed E-state index contributed by atoms with van der Waals surface area (Å²) in [5, 5.41) is 0. The van der Waals surface area contributed by atoms with Crippen molar-refractivity contribution >= 4 is 5.78 Å². The molecule has 0 aliphatic carbocycles. The highest BCUT2D eigenvalue weighted by Gasteiger charge is 2.11. The van der Waals surface area contributed by atoms with Crippen molar-refractivity contribution < 1.29 is 4.79 Å². The number of nitrogens with zero attached hydrogens (tertiary/aromatic N) is 1. The predicted octanol–water partition coefficient (Wildman–Crippen LogP) is 2.72. The Hall–Kier alpha value is -1.05. The van der Waals surface area contributed by atoms with E-state index in [2.05, 4.69) is 31.0 Å². The first kappa shape index (κ1) is 11.0. The molecule has 2 nitrogen and oxygen atoms in total. The largest absolute Gasteiger partial charge is 0.354 e. The number of carbonyl (C=O) groups is 1. The highest BCUT2D eigenvalue weighted by Crippen LogP contribution is 2.15. The normalized spacial score (nSPS) is 17.7. The van der Waals surface area contributed by atoms with Crippen molar-refractivity contribution in [3.05, 3.63) is 24.0 Å². The molecule has 0 saturated heterocycles. The zero-order valence-corrected chi connectivity index (χ0v) is 9.29. The van der Waals surface area contributed by atoms with E-state index in [1.165, 1.54) is 0 Å². The summed E-state index contributed by atoms with van der Waals surface area (Å²) in [6.07, 6.45) is 8.21. The molecular formula is C12H19NO. The molecule has 0 atom stereocenters. The van der Waals surface area contributed by atoms with E-state index in [1.807, 2.05) is 6.20 Å². The Morgan fingerprint density at radius 2 is 2.29 bits per heavy atom. The Morgan fingerprint density at radius 3 is 2.86 bits per heavy atom. The second kappa shape index (κ2) is 4.99. The Labute approximate surface area is 86.3 Å². The summed E-state index contributed by atoms with van der Waals surface area (Å²) in [6, 6.07) is 0. The van der Waals surface area contributed by atoms with Crippen molar-refractivity contribution in [2.45, 2.75) is 33.6 Å². The van der Waals surface area contributed by atoms with E-state index in [9.17, 15) is 4.79 Å². The van der Waals surface area contributed by atoms with Gasteiger partial charge < -0.3 is 4.90 Å². The van der Waals surface area contributed by atoms with Crippen LogP contribution in [0.25, 0.3) is 0 Å². The molecule has 0 aromatic heterocycles. The van der Waals surface area contributed by atoms with Gasteiger partial charge in [-0.05, 0) is 31.9 Å². The Bertz CT molecular complexity index is 263. The summed E-state index contributed by atoms with van der Waals surface area (Å²) in [5.41, 5.74) is 0.949. The molecule has 1 rings (SSSR count). The van der Waals surface area contributed by atoms with Crippen LogP contribution in [0.1, 0.15) is 33.6 Å². The molecule has 1 aliphatic rings. The fourth-order valence-corrected chi connectivity index (χ4v) is 1.45. The summed E-state index contributed by atoms with van der Waals surface area (Å²) < 4.78 is 0. The Kier molecular flexibility index (Phi) is 3.93. The van der Waals surface area contributed by atoms with Gasteiger partial charge in [0.15, 0.2) is 5.78 Å². The van der Waals surface area contributed by atoms with Gasteiger partial charge >= 0.3 is 0 Å². The van der Waals surface area contributed by atoms with Gasteiger partial charge in [-0.1, -0.05) is 19.9 Å². The molecule has 0 amide bonds. The summed E-state index contributed by atoms with van der Waals surface area (Å²) in [5.74, 6) is 0.763. The van der Waals surface area contributed by atoms with Gasteiger partial charge in [0.05, 0.1) is 0 Å². The maximum atomic E-state index is 11.2. The summed E-state index contributed by atoms with van der Waals surface area (Å²) in [4.78, 5) is 13.3. The number of allylic oxidation sites excluding steroid dienone is 2. The Balaban J connectivity index is 2.63. The topological polar surface area (TPSA) is 20.3 Å². The minimum Gasteiger partial charge on any atom is -0.354 e. The second-order valence-electron chi connectivity index (χ2n) is 4.14. The molecule has 0 aromatic carbocycles. The third-order valence-electron chi connectivity index (χ3n) is 2.30. The van der Waals surface area contributed by atoms with Crippen LogP contribution in [0.3, 0.4) is 0 Å². The van der Waals surface area contributed by atoms with E-state index in [-0.39, 0.29) is 5.78 Å². The summed E-state index contributed by atoms with van der Waals surface area (Å²) in [6.45, 7) is 6.97. The van der Waals surface area contributed by atoms with E-state index in [0.717, 1.165) is 25.0 Å². The van der Waals surface area contributed by atoms with Crippen LogP contribution in [0, 0.1) is 5.92 Å². The van der Waals surface area contributed by atoms with Gasteiger partial charge in [-0.15, -0.1) is 0 Å². The van der Waals surface area contributed by atoms with E-state index >= 15 is 0 Å². The first-order valence-electron chi connectivity index (χ1n) is 5.25. The first-order chi connectivity index (χ1) is 6.59. The standard InChI is InChI=1S/C12H19NO/c1-10(2)6-8-13-7-4-5-12(9-13)11(3)14/h6,8-10H,4-5,7H2,1-3H3/b8-6+. The zero-order chi connectivity index (χ0) is 10.6. The molecule has 0 radical (unpaired) electrons. The Morgan fingerprint density at radius 1 is 1.57 bits per heavy atom. The number of carbonyl (C=O) groups excluding carboxylic acids is 1. The molecule has 0 saturated carbocycles. The van der Waals surface area contributed by atoms with E-state index < -0.39 is 0 Å². The van der Waals surface area contributed by atoms with Gasteiger partial charge in [-0.25, -0.2) is 0 Å². The maximum absolute atomic E-state index is 11.2. The van der Waals surface area contributed by atoms with Gasteiger partial charge in [0.1, 0.15) is 0 Å². The van der Waals surface area contributed by atoms with Crippen LogP contribution in [-0.4, -0.2) is 17.2 Å². The lowest BCUT2D eigenvalue weighted by Gasteiger charge is -2.22. The molecule has 2 heteroatoms. The lowest BCUT2D eigenvalue weighted by atomic mass is 10.0. The van der Waals surface area contributed by atoms with Crippen molar-refractivity contribution in [3.63, 3.8) is 0 Å². The molecule has 1 heterocycles. The van der Waals surface area contributed by atoms with Crippen molar-refractivity contribution in [2.24, 2.45) is 5.92 Å². The summed E-state index contributed by atoms with van der Waals surface area (Å²) >= 11 is 0. The smallest absolute Gasteiger partial charge is 0.157 e. The first-order valence-corrected chi connectivity index (χ1v) is 5.25. The molecule has 0 fully saturated rings. The fourth-order valence-electron chi connectivity index (χ4n) is 1.45. The van der Waals surface area contributed by atoms with Gasteiger partial charge in [0.25, 0.3) is 0 Å². The summed E-state index contributed by atoms with van der Waals surface area (Å²) in [7, 11) is 0.